The minimum absolute atomic E-state index is 0.300. The molecule has 0 bridgehead atoms. The summed E-state index contributed by atoms with van der Waals surface area (Å²) >= 11 is 1.84. The van der Waals surface area contributed by atoms with Crippen molar-refractivity contribution in [1.82, 2.24) is 0 Å². The Morgan fingerprint density at radius 1 is 1.12 bits per heavy atom. The lowest BCUT2D eigenvalue weighted by atomic mass is 9.95. The molecule has 90 valence electrons. The van der Waals surface area contributed by atoms with Gasteiger partial charge in [0.25, 0.3) is 0 Å². The van der Waals surface area contributed by atoms with Crippen molar-refractivity contribution >= 4 is 11.8 Å². The number of hydrogen-bond acceptors (Lipinski definition) is 2. The van der Waals surface area contributed by atoms with Gasteiger partial charge in [0.2, 0.25) is 0 Å². The fourth-order valence-corrected chi connectivity index (χ4v) is 2.37. The lowest BCUT2D eigenvalue weighted by molar-refractivity contribution is 0.166. The predicted molar refractivity (Wildman–Crippen MR) is 73.2 cm³/mol. The van der Waals surface area contributed by atoms with E-state index in [1.807, 2.05) is 11.8 Å². The predicted octanol–water partition coefficient (Wildman–Crippen LogP) is 3.79. The smallest absolute Gasteiger partial charge is 0.0793 e. The summed E-state index contributed by atoms with van der Waals surface area (Å²) in [5, 5.41) is 10.1. The van der Waals surface area contributed by atoms with Crippen LogP contribution in [0.25, 0.3) is 0 Å². The molecule has 16 heavy (non-hydrogen) atoms. The summed E-state index contributed by atoms with van der Waals surface area (Å²) in [5.41, 5.74) is 4.88. The van der Waals surface area contributed by atoms with Crippen molar-refractivity contribution in [3.8, 4) is 0 Å². The first-order valence-electron chi connectivity index (χ1n) is 5.81. The molecule has 0 aliphatic rings. The molecule has 2 heteroatoms. The molecule has 1 rings (SSSR count). The van der Waals surface area contributed by atoms with Gasteiger partial charge < -0.3 is 5.11 Å². The first kappa shape index (κ1) is 13.6. The van der Waals surface area contributed by atoms with Crippen molar-refractivity contribution in [2.45, 2.75) is 39.7 Å². The topological polar surface area (TPSA) is 20.2 Å². The van der Waals surface area contributed by atoms with Gasteiger partial charge in [-0.3, -0.25) is 0 Å². The number of benzene rings is 1. The van der Waals surface area contributed by atoms with Gasteiger partial charge in [0.15, 0.2) is 0 Å². The zero-order valence-electron chi connectivity index (χ0n) is 10.7. The molecule has 0 aromatic heterocycles. The second kappa shape index (κ2) is 6.31. The highest BCUT2D eigenvalue weighted by atomic mass is 32.2. The Morgan fingerprint density at radius 3 is 2.38 bits per heavy atom. The van der Waals surface area contributed by atoms with Crippen molar-refractivity contribution in [3.63, 3.8) is 0 Å². The molecule has 0 saturated heterocycles. The van der Waals surface area contributed by atoms with Crippen LogP contribution in [0.15, 0.2) is 12.1 Å². The van der Waals surface area contributed by atoms with Gasteiger partial charge in [-0.25, -0.2) is 0 Å². The summed E-state index contributed by atoms with van der Waals surface area (Å²) in [7, 11) is 0. The fraction of sp³-hybridized carbons (Fsp3) is 0.571. The lowest BCUT2D eigenvalue weighted by Crippen LogP contribution is -2.02. The van der Waals surface area contributed by atoms with Crippen LogP contribution in [0.4, 0.5) is 0 Å². The third-order valence-electron chi connectivity index (χ3n) is 3.07. The van der Waals surface area contributed by atoms with Crippen molar-refractivity contribution in [2.75, 3.05) is 12.0 Å². The average Bonchev–Trinajstić information content (AvgIpc) is 2.23. The van der Waals surface area contributed by atoms with E-state index in [0.29, 0.717) is 0 Å². The lowest BCUT2D eigenvalue weighted by Gasteiger charge is -2.15. The molecule has 0 spiro atoms. The highest BCUT2D eigenvalue weighted by Gasteiger charge is 2.11. The van der Waals surface area contributed by atoms with Gasteiger partial charge in [-0.05, 0) is 67.9 Å². The zero-order valence-corrected chi connectivity index (χ0v) is 11.5. The maximum Gasteiger partial charge on any atom is 0.0793 e. The SMILES string of the molecule is CSCCCC(O)c1cc(C)c(C)cc1C. The Bertz CT molecular complexity index is 347. The molecule has 1 atom stereocenters. The van der Waals surface area contributed by atoms with Crippen LogP contribution in [0.1, 0.15) is 41.2 Å². The van der Waals surface area contributed by atoms with E-state index in [4.69, 9.17) is 0 Å². The molecule has 1 N–H and O–H groups in total. The fourth-order valence-electron chi connectivity index (χ4n) is 1.92. The molecule has 1 aromatic rings. The molecular formula is C14H22OS. The Morgan fingerprint density at radius 2 is 1.75 bits per heavy atom. The molecule has 0 radical (unpaired) electrons. The van der Waals surface area contributed by atoms with E-state index in [1.165, 1.54) is 16.7 Å². The van der Waals surface area contributed by atoms with Gasteiger partial charge >= 0.3 is 0 Å². The van der Waals surface area contributed by atoms with E-state index in [2.05, 4.69) is 39.2 Å². The largest absolute Gasteiger partial charge is 0.388 e. The highest BCUT2D eigenvalue weighted by molar-refractivity contribution is 7.98. The van der Waals surface area contributed by atoms with Gasteiger partial charge in [0, 0.05) is 0 Å². The quantitative estimate of drug-likeness (QED) is 0.788. The van der Waals surface area contributed by atoms with Crippen LogP contribution >= 0.6 is 11.8 Å². The third kappa shape index (κ3) is 3.53. The summed E-state index contributed by atoms with van der Waals surface area (Å²) in [5.74, 6) is 1.13. The maximum absolute atomic E-state index is 10.1. The van der Waals surface area contributed by atoms with Gasteiger partial charge in [0.05, 0.1) is 6.10 Å². The minimum atomic E-state index is -0.300. The summed E-state index contributed by atoms with van der Waals surface area (Å²) in [6, 6.07) is 4.30. The maximum atomic E-state index is 10.1. The molecule has 0 aliphatic heterocycles. The van der Waals surface area contributed by atoms with Gasteiger partial charge in [-0.2, -0.15) is 11.8 Å². The Hall–Kier alpha value is -0.470. The molecule has 1 unspecified atom stereocenters. The van der Waals surface area contributed by atoms with Crippen LogP contribution in [0.3, 0.4) is 0 Å². The van der Waals surface area contributed by atoms with E-state index < -0.39 is 0 Å². The molecule has 0 aliphatic carbocycles. The van der Waals surface area contributed by atoms with Gasteiger partial charge in [-0.15, -0.1) is 0 Å². The Balaban J connectivity index is 2.75. The standard InChI is InChI=1S/C14H22OS/c1-10-8-12(3)13(9-11(10)2)14(15)6-5-7-16-4/h8-9,14-15H,5-7H2,1-4H3. The van der Waals surface area contributed by atoms with Crippen LogP contribution in [-0.2, 0) is 0 Å². The zero-order chi connectivity index (χ0) is 12.1. The van der Waals surface area contributed by atoms with Crippen molar-refractivity contribution in [1.29, 1.82) is 0 Å². The normalized spacial score (nSPS) is 12.8. The Labute approximate surface area is 103 Å². The van der Waals surface area contributed by atoms with Crippen molar-refractivity contribution < 1.29 is 5.11 Å². The monoisotopic (exact) mass is 238 g/mol. The molecule has 0 saturated carbocycles. The second-order valence-electron chi connectivity index (χ2n) is 4.44. The Kier molecular flexibility index (Phi) is 5.36. The molecule has 0 fully saturated rings. The van der Waals surface area contributed by atoms with Crippen LogP contribution in [0, 0.1) is 20.8 Å². The van der Waals surface area contributed by atoms with E-state index >= 15 is 0 Å². The van der Waals surface area contributed by atoms with Gasteiger partial charge in [0.1, 0.15) is 0 Å². The number of aliphatic hydroxyl groups excluding tert-OH is 1. The molecule has 0 amide bonds. The van der Waals surface area contributed by atoms with E-state index in [-0.39, 0.29) is 6.10 Å². The highest BCUT2D eigenvalue weighted by Crippen LogP contribution is 2.25. The van der Waals surface area contributed by atoms with E-state index in [0.717, 1.165) is 24.2 Å². The first-order chi connectivity index (χ1) is 7.56. The van der Waals surface area contributed by atoms with Crippen molar-refractivity contribution in [3.05, 3.63) is 34.4 Å². The minimum Gasteiger partial charge on any atom is -0.388 e. The number of hydrogen-bond donors (Lipinski definition) is 1. The van der Waals surface area contributed by atoms with Crippen LogP contribution in [-0.4, -0.2) is 17.1 Å². The summed E-state index contributed by atoms with van der Waals surface area (Å²) in [6.45, 7) is 6.30. The van der Waals surface area contributed by atoms with E-state index in [9.17, 15) is 5.11 Å². The molecular weight excluding hydrogens is 216 g/mol. The third-order valence-corrected chi connectivity index (χ3v) is 3.76. The summed E-state index contributed by atoms with van der Waals surface area (Å²) in [4.78, 5) is 0. The number of thioether (sulfide) groups is 1. The van der Waals surface area contributed by atoms with Gasteiger partial charge in [-0.1, -0.05) is 12.1 Å². The number of rotatable bonds is 5. The van der Waals surface area contributed by atoms with Crippen LogP contribution in [0.2, 0.25) is 0 Å². The number of aryl methyl sites for hydroxylation is 3. The average molecular weight is 238 g/mol. The first-order valence-corrected chi connectivity index (χ1v) is 7.20. The van der Waals surface area contributed by atoms with Crippen molar-refractivity contribution in [2.24, 2.45) is 0 Å². The van der Waals surface area contributed by atoms with Crippen LogP contribution < -0.4 is 0 Å². The van der Waals surface area contributed by atoms with E-state index in [1.54, 1.807) is 0 Å². The summed E-state index contributed by atoms with van der Waals surface area (Å²) in [6.07, 6.45) is 3.75. The number of aliphatic hydroxyl groups is 1. The molecule has 1 aromatic carbocycles. The molecule has 1 nitrogen and oxygen atoms in total. The van der Waals surface area contributed by atoms with Crippen LogP contribution in [0.5, 0.6) is 0 Å². The summed E-state index contributed by atoms with van der Waals surface area (Å²) < 4.78 is 0. The molecule has 0 heterocycles. The second-order valence-corrected chi connectivity index (χ2v) is 5.43.